The highest BCUT2D eigenvalue weighted by Crippen LogP contribution is 2.24. The van der Waals surface area contributed by atoms with Crippen molar-refractivity contribution in [1.82, 2.24) is 0 Å². The molecule has 0 aromatic heterocycles. The van der Waals surface area contributed by atoms with Gasteiger partial charge in [-0.15, -0.1) is 0 Å². The summed E-state index contributed by atoms with van der Waals surface area (Å²) in [6.07, 6.45) is 3.91. The van der Waals surface area contributed by atoms with Gasteiger partial charge in [0, 0.05) is 13.0 Å². The molecule has 3 nitrogen and oxygen atoms in total. The molecule has 0 aliphatic carbocycles. The third-order valence-corrected chi connectivity index (χ3v) is 3.17. The number of hydrogen-bond donors (Lipinski definition) is 1. The molecule has 4 heteroatoms. The summed E-state index contributed by atoms with van der Waals surface area (Å²) in [5.41, 5.74) is 6.35. The molecule has 0 bridgehead atoms. The molecular weight excluding hydrogens is 233 g/mol. The first-order chi connectivity index (χ1) is 8.81. The van der Waals surface area contributed by atoms with E-state index in [4.69, 9.17) is 15.2 Å². The quantitative estimate of drug-likeness (QED) is 0.846. The lowest BCUT2D eigenvalue weighted by molar-refractivity contribution is 0.0895. The third kappa shape index (κ3) is 3.43. The van der Waals surface area contributed by atoms with Crippen molar-refractivity contribution in [3.63, 3.8) is 0 Å². The van der Waals surface area contributed by atoms with Gasteiger partial charge in [0.2, 0.25) is 0 Å². The van der Waals surface area contributed by atoms with E-state index in [0.29, 0.717) is 25.3 Å². The zero-order valence-electron chi connectivity index (χ0n) is 10.5. The van der Waals surface area contributed by atoms with Gasteiger partial charge in [0.1, 0.15) is 0 Å². The number of halogens is 1. The van der Waals surface area contributed by atoms with E-state index >= 15 is 0 Å². The standard InChI is InChI=1S/C14H20FNO2/c15-13-5-1-3-11(6-8-16)14(13)18-10-7-12-4-2-9-17-12/h1,3,5,12H,2,4,6-10,16H2. The van der Waals surface area contributed by atoms with Crippen LogP contribution in [-0.4, -0.2) is 25.9 Å². The zero-order chi connectivity index (χ0) is 12.8. The Labute approximate surface area is 107 Å². The number of para-hydroxylation sites is 1. The third-order valence-electron chi connectivity index (χ3n) is 3.17. The minimum Gasteiger partial charge on any atom is -0.490 e. The first-order valence-corrected chi connectivity index (χ1v) is 6.53. The van der Waals surface area contributed by atoms with E-state index in [-0.39, 0.29) is 11.9 Å². The van der Waals surface area contributed by atoms with Crippen LogP contribution in [0.1, 0.15) is 24.8 Å². The van der Waals surface area contributed by atoms with Crippen molar-refractivity contribution >= 4 is 0 Å². The molecule has 2 rings (SSSR count). The van der Waals surface area contributed by atoms with E-state index in [1.807, 2.05) is 6.07 Å². The van der Waals surface area contributed by atoms with Crippen LogP contribution >= 0.6 is 0 Å². The van der Waals surface area contributed by atoms with Gasteiger partial charge in [-0.1, -0.05) is 12.1 Å². The summed E-state index contributed by atoms with van der Waals surface area (Å²) < 4.78 is 24.8. The Balaban J connectivity index is 1.90. The largest absolute Gasteiger partial charge is 0.490 e. The summed E-state index contributed by atoms with van der Waals surface area (Å²) in [4.78, 5) is 0. The fraction of sp³-hybridized carbons (Fsp3) is 0.571. The molecule has 1 fully saturated rings. The number of benzene rings is 1. The second-order valence-corrected chi connectivity index (χ2v) is 4.54. The van der Waals surface area contributed by atoms with Gasteiger partial charge in [0.25, 0.3) is 0 Å². The summed E-state index contributed by atoms with van der Waals surface area (Å²) in [5.74, 6) is 0.0363. The summed E-state index contributed by atoms with van der Waals surface area (Å²) in [7, 11) is 0. The summed E-state index contributed by atoms with van der Waals surface area (Å²) in [6.45, 7) is 1.82. The highest BCUT2D eigenvalue weighted by Gasteiger charge is 2.16. The number of rotatable bonds is 6. The fourth-order valence-electron chi connectivity index (χ4n) is 2.23. The zero-order valence-corrected chi connectivity index (χ0v) is 10.5. The van der Waals surface area contributed by atoms with Gasteiger partial charge in [-0.25, -0.2) is 4.39 Å². The van der Waals surface area contributed by atoms with Gasteiger partial charge in [-0.3, -0.25) is 0 Å². The molecule has 18 heavy (non-hydrogen) atoms. The van der Waals surface area contributed by atoms with Crippen molar-refractivity contribution in [2.45, 2.75) is 31.8 Å². The van der Waals surface area contributed by atoms with Crippen molar-refractivity contribution in [2.75, 3.05) is 19.8 Å². The monoisotopic (exact) mass is 253 g/mol. The first kappa shape index (κ1) is 13.3. The van der Waals surface area contributed by atoms with Gasteiger partial charge in [-0.2, -0.15) is 0 Å². The highest BCUT2D eigenvalue weighted by molar-refractivity contribution is 5.35. The van der Waals surface area contributed by atoms with E-state index in [0.717, 1.165) is 31.4 Å². The lowest BCUT2D eigenvalue weighted by Gasteiger charge is -2.14. The van der Waals surface area contributed by atoms with Gasteiger partial charge >= 0.3 is 0 Å². The van der Waals surface area contributed by atoms with Gasteiger partial charge < -0.3 is 15.2 Å². The fourth-order valence-corrected chi connectivity index (χ4v) is 2.23. The summed E-state index contributed by atoms with van der Waals surface area (Å²) in [5, 5.41) is 0. The lowest BCUT2D eigenvalue weighted by atomic mass is 10.1. The molecule has 1 saturated heterocycles. The molecule has 2 N–H and O–H groups in total. The molecule has 1 aliphatic heterocycles. The maximum absolute atomic E-state index is 13.7. The number of ether oxygens (including phenoxy) is 2. The Morgan fingerprint density at radius 3 is 3.06 bits per heavy atom. The smallest absolute Gasteiger partial charge is 0.165 e. The minimum atomic E-state index is -0.312. The SMILES string of the molecule is NCCc1cccc(F)c1OCCC1CCCO1. The van der Waals surface area contributed by atoms with E-state index in [1.54, 1.807) is 6.07 Å². The first-order valence-electron chi connectivity index (χ1n) is 6.53. The number of hydrogen-bond acceptors (Lipinski definition) is 3. The lowest BCUT2D eigenvalue weighted by Crippen LogP contribution is -2.12. The second kappa shape index (κ2) is 6.71. The average Bonchev–Trinajstić information content (AvgIpc) is 2.86. The van der Waals surface area contributed by atoms with Crippen LogP contribution in [0.3, 0.4) is 0 Å². The molecule has 1 atom stereocenters. The van der Waals surface area contributed by atoms with Gasteiger partial charge in [-0.05, 0) is 37.4 Å². The predicted molar refractivity (Wildman–Crippen MR) is 68.2 cm³/mol. The van der Waals surface area contributed by atoms with E-state index < -0.39 is 0 Å². The Hall–Kier alpha value is -1.13. The van der Waals surface area contributed by atoms with Gasteiger partial charge in [0.05, 0.1) is 12.7 Å². The highest BCUT2D eigenvalue weighted by atomic mass is 19.1. The van der Waals surface area contributed by atoms with Crippen LogP contribution in [0.25, 0.3) is 0 Å². The van der Waals surface area contributed by atoms with Crippen LogP contribution in [-0.2, 0) is 11.2 Å². The van der Waals surface area contributed by atoms with E-state index in [9.17, 15) is 4.39 Å². The molecule has 0 saturated carbocycles. The van der Waals surface area contributed by atoms with E-state index in [2.05, 4.69) is 0 Å². The molecule has 0 spiro atoms. The molecule has 0 radical (unpaired) electrons. The predicted octanol–water partition coefficient (Wildman–Crippen LogP) is 2.27. The van der Waals surface area contributed by atoms with Gasteiger partial charge in [0.15, 0.2) is 11.6 Å². The minimum absolute atomic E-state index is 0.273. The number of nitrogens with two attached hydrogens (primary N) is 1. The molecule has 1 aromatic carbocycles. The Bertz CT molecular complexity index is 378. The van der Waals surface area contributed by atoms with Crippen molar-refractivity contribution < 1.29 is 13.9 Å². The Morgan fingerprint density at radius 2 is 2.33 bits per heavy atom. The van der Waals surface area contributed by atoms with Crippen LogP contribution in [0.4, 0.5) is 4.39 Å². The molecular formula is C14H20FNO2. The molecule has 0 amide bonds. The van der Waals surface area contributed by atoms with Crippen LogP contribution < -0.4 is 10.5 Å². The average molecular weight is 253 g/mol. The van der Waals surface area contributed by atoms with Crippen molar-refractivity contribution in [3.05, 3.63) is 29.6 Å². The van der Waals surface area contributed by atoms with Crippen molar-refractivity contribution in [2.24, 2.45) is 5.73 Å². The van der Waals surface area contributed by atoms with Crippen LogP contribution in [0.2, 0.25) is 0 Å². The van der Waals surface area contributed by atoms with Crippen molar-refractivity contribution in [1.29, 1.82) is 0 Å². The molecule has 1 aromatic rings. The summed E-state index contributed by atoms with van der Waals surface area (Å²) in [6, 6.07) is 4.96. The molecule has 1 unspecified atom stereocenters. The van der Waals surface area contributed by atoms with Crippen LogP contribution in [0.15, 0.2) is 18.2 Å². The maximum atomic E-state index is 13.7. The Kier molecular flexibility index (Phi) is 4.96. The molecule has 100 valence electrons. The summed E-state index contributed by atoms with van der Waals surface area (Å²) >= 11 is 0. The van der Waals surface area contributed by atoms with Crippen LogP contribution in [0.5, 0.6) is 5.75 Å². The van der Waals surface area contributed by atoms with Crippen molar-refractivity contribution in [3.8, 4) is 5.75 Å². The maximum Gasteiger partial charge on any atom is 0.165 e. The topological polar surface area (TPSA) is 44.5 Å². The normalized spacial score (nSPS) is 19.1. The molecule has 1 aliphatic rings. The molecule has 1 heterocycles. The van der Waals surface area contributed by atoms with E-state index in [1.165, 1.54) is 6.07 Å². The Morgan fingerprint density at radius 1 is 1.44 bits per heavy atom. The van der Waals surface area contributed by atoms with Crippen LogP contribution in [0, 0.1) is 5.82 Å². The second-order valence-electron chi connectivity index (χ2n) is 4.54.